The fourth-order valence-corrected chi connectivity index (χ4v) is 8.36. The summed E-state index contributed by atoms with van der Waals surface area (Å²) in [5.74, 6) is 3.58. The molecule has 1 N–H and O–H groups in total. The Morgan fingerprint density at radius 3 is 2.74 bits per heavy atom. The molecule has 2 bridgehead atoms. The van der Waals surface area contributed by atoms with Crippen molar-refractivity contribution < 1.29 is 14.6 Å². The van der Waals surface area contributed by atoms with Gasteiger partial charge in [0.2, 0.25) is 0 Å². The first-order valence-electron chi connectivity index (χ1n) is 9.80. The third-order valence-electron chi connectivity index (χ3n) is 9.55. The van der Waals surface area contributed by atoms with Crippen LogP contribution in [-0.4, -0.2) is 28.7 Å². The Bertz CT molecular complexity index is 608. The van der Waals surface area contributed by atoms with Crippen LogP contribution in [0.5, 0.6) is 0 Å². The molecule has 0 radical (unpaired) electrons. The summed E-state index contributed by atoms with van der Waals surface area (Å²) in [5.41, 5.74) is 0.136. The molecule has 10 atom stereocenters. The van der Waals surface area contributed by atoms with Crippen LogP contribution in [0.1, 0.15) is 58.8 Å². The summed E-state index contributed by atoms with van der Waals surface area (Å²) in [6.07, 6.45) is 7.69. The van der Waals surface area contributed by atoms with Crippen molar-refractivity contribution in [1.29, 1.82) is 0 Å². The Hall–Kier alpha value is -0.410. The summed E-state index contributed by atoms with van der Waals surface area (Å²) in [4.78, 5) is 12.8. The number of carbonyl (C=O) groups excluding carboxylic acids is 1. The lowest BCUT2D eigenvalue weighted by Crippen LogP contribution is -2.75. The number of fused-ring (bicyclic) bond motifs is 3. The van der Waals surface area contributed by atoms with Crippen LogP contribution in [0.4, 0.5) is 0 Å². The standard InChI is InChI=1S/C20H28O3/c1-18-5-4-13-15(16(18)11-7-12(11)17(18)22)14-9-20(23-14)8-10(21)3-6-19(13,20)2/h10-16,21H,3-9H2,1-2H3. The molecule has 10 unspecified atom stereocenters. The molecule has 2 aliphatic heterocycles. The van der Waals surface area contributed by atoms with Gasteiger partial charge in [-0.2, -0.15) is 0 Å². The van der Waals surface area contributed by atoms with E-state index in [1.54, 1.807) is 0 Å². The van der Waals surface area contributed by atoms with Gasteiger partial charge in [0, 0.05) is 29.6 Å². The van der Waals surface area contributed by atoms with Crippen molar-refractivity contribution >= 4 is 5.78 Å². The van der Waals surface area contributed by atoms with Crippen LogP contribution in [0, 0.1) is 40.4 Å². The van der Waals surface area contributed by atoms with Crippen LogP contribution in [0.25, 0.3) is 0 Å². The lowest BCUT2D eigenvalue weighted by atomic mass is 9.40. The highest BCUT2D eigenvalue weighted by atomic mass is 16.5. The third-order valence-corrected chi connectivity index (χ3v) is 9.55. The zero-order valence-corrected chi connectivity index (χ0v) is 14.3. The Morgan fingerprint density at radius 1 is 1.17 bits per heavy atom. The van der Waals surface area contributed by atoms with Gasteiger partial charge in [0.25, 0.3) is 0 Å². The minimum absolute atomic E-state index is 0.0434. The van der Waals surface area contributed by atoms with E-state index in [0.717, 1.165) is 38.5 Å². The summed E-state index contributed by atoms with van der Waals surface area (Å²) in [6.45, 7) is 4.73. The summed E-state index contributed by atoms with van der Waals surface area (Å²) < 4.78 is 6.59. The number of ether oxygens (including phenoxy) is 1. The molecule has 126 valence electrons. The second-order valence-corrected chi connectivity index (χ2v) is 10.2. The van der Waals surface area contributed by atoms with Crippen LogP contribution in [0.15, 0.2) is 0 Å². The molecule has 23 heavy (non-hydrogen) atoms. The SMILES string of the molecule is CC12CCC3C(C4CC5(CC(O)CCC35C)O4)C1C1CC1C2=O. The predicted molar refractivity (Wildman–Crippen MR) is 84.6 cm³/mol. The summed E-state index contributed by atoms with van der Waals surface area (Å²) in [7, 11) is 0. The third kappa shape index (κ3) is 1.31. The van der Waals surface area contributed by atoms with Crippen molar-refractivity contribution in [3.8, 4) is 0 Å². The monoisotopic (exact) mass is 316 g/mol. The van der Waals surface area contributed by atoms with Crippen LogP contribution in [-0.2, 0) is 9.53 Å². The number of hydrogen-bond acceptors (Lipinski definition) is 3. The Morgan fingerprint density at radius 2 is 1.96 bits per heavy atom. The Balaban J connectivity index is 1.43. The minimum Gasteiger partial charge on any atom is -0.393 e. The largest absolute Gasteiger partial charge is 0.393 e. The summed E-state index contributed by atoms with van der Waals surface area (Å²) in [6, 6.07) is 0. The first-order chi connectivity index (χ1) is 10.9. The fourth-order valence-electron chi connectivity index (χ4n) is 8.36. The number of ketones is 1. The van der Waals surface area contributed by atoms with Crippen LogP contribution >= 0.6 is 0 Å². The Labute approximate surface area is 138 Å². The van der Waals surface area contributed by atoms with E-state index >= 15 is 0 Å². The molecular formula is C20H28O3. The van der Waals surface area contributed by atoms with Crippen molar-refractivity contribution in [2.45, 2.75) is 76.6 Å². The van der Waals surface area contributed by atoms with Crippen LogP contribution in [0.2, 0.25) is 0 Å². The maximum absolute atomic E-state index is 12.8. The molecule has 3 nitrogen and oxygen atoms in total. The van der Waals surface area contributed by atoms with E-state index in [1.165, 1.54) is 6.42 Å². The fraction of sp³-hybridized carbons (Fsp3) is 0.950. The molecule has 5 aliphatic carbocycles. The highest BCUT2D eigenvalue weighted by Gasteiger charge is 2.77. The highest BCUT2D eigenvalue weighted by Crippen LogP contribution is 2.76. The number of rotatable bonds is 0. The molecular weight excluding hydrogens is 288 g/mol. The van der Waals surface area contributed by atoms with Crippen molar-refractivity contribution in [3.63, 3.8) is 0 Å². The van der Waals surface area contributed by atoms with E-state index in [-0.39, 0.29) is 22.5 Å². The smallest absolute Gasteiger partial charge is 0.142 e. The van der Waals surface area contributed by atoms with E-state index in [9.17, 15) is 9.90 Å². The number of hydrogen-bond donors (Lipinski definition) is 1. The zero-order chi connectivity index (χ0) is 15.8. The average molecular weight is 316 g/mol. The molecule has 7 rings (SSSR count). The van der Waals surface area contributed by atoms with Gasteiger partial charge in [-0.05, 0) is 55.8 Å². The zero-order valence-electron chi connectivity index (χ0n) is 14.3. The van der Waals surface area contributed by atoms with Crippen molar-refractivity contribution in [1.82, 2.24) is 0 Å². The molecule has 7 fully saturated rings. The normalized spacial score (nSPS) is 68.3. The number of carbonyl (C=O) groups is 1. The summed E-state index contributed by atoms with van der Waals surface area (Å²) in [5, 5.41) is 10.2. The second-order valence-electron chi connectivity index (χ2n) is 10.2. The van der Waals surface area contributed by atoms with Crippen LogP contribution in [0.3, 0.4) is 0 Å². The molecule has 0 aromatic rings. The maximum atomic E-state index is 12.8. The van der Waals surface area contributed by atoms with Gasteiger partial charge in [0.15, 0.2) is 0 Å². The van der Waals surface area contributed by atoms with Gasteiger partial charge in [0.05, 0.1) is 17.8 Å². The van der Waals surface area contributed by atoms with Gasteiger partial charge >= 0.3 is 0 Å². The number of aliphatic hydroxyl groups excluding tert-OH is 1. The highest BCUT2D eigenvalue weighted by molar-refractivity contribution is 5.92. The van der Waals surface area contributed by atoms with Gasteiger partial charge < -0.3 is 9.84 Å². The van der Waals surface area contributed by atoms with Crippen molar-refractivity contribution in [2.75, 3.05) is 0 Å². The molecule has 0 aromatic carbocycles. The molecule has 2 heterocycles. The van der Waals surface area contributed by atoms with Gasteiger partial charge in [-0.15, -0.1) is 0 Å². The first-order valence-corrected chi connectivity index (χ1v) is 9.80. The molecule has 0 aromatic heterocycles. The number of Topliss-reactive ketones (excluding diaryl/α,β-unsaturated/α-hetero) is 1. The van der Waals surface area contributed by atoms with E-state index in [2.05, 4.69) is 13.8 Å². The van der Waals surface area contributed by atoms with Gasteiger partial charge in [-0.1, -0.05) is 13.8 Å². The topological polar surface area (TPSA) is 46.5 Å². The second kappa shape index (κ2) is 3.72. The lowest BCUT2D eigenvalue weighted by molar-refractivity contribution is -0.374. The van der Waals surface area contributed by atoms with Crippen molar-refractivity contribution in [3.05, 3.63) is 0 Å². The minimum atomic E-state index is -0.171. The maximum Gasteiger partial charge on any atom is 0.142 e. The molecule has 7 aliphatic rings. The first kappa shape index (κ1) is 13.8. The molecule has 0 amide bonds. The van der Waals surface area contributed by atoms with E-state index in [0.29, 0.717) is 41.5 Å². The van der Waals surface area contributed by atoms with Gasteiger partial charge in [0.1, 0.15) is 5.78 Å². The lowest BCUT2D eigenvalue weighted by Gasteiger charge is -2.73. The molecule has 5 saturated carbocycles. The molecule has 3 heteroatoms. The summed E-state index contributed by atoms with van der Waals surface area (Å²) >= 11 is 0. The molecule has 1 spiro atoms. The van der Waals surface area contributed by atoms with E-state index in [4.69, 9.17) is 4.74 Å². The number of aliphatic hydroxyl groups is 1. The van der Waals surface area contributed by atoms with E-state index in [1.807, 2.05) is 0 Å². The quantitative estimate of drug-likeness (QED) is 0.747. The van der Waals surface area contributed by atoms with Gasteiger partial charge in [-0.3, -0.25) is 4.79 Å². The Kier molecular flexibility index (Phi) is 2.24. The van der Waals surface area contributed by atoms with E-state index < -0.39 is 0 Å². The van der Waals surface area contributed by atoms with Crippen LogP contribution < -0.4 is 0 Å². The van der Waals surface area contributed by atoms with Gasteiger partial charge in [-0.25, -0.2) is 0 Å². The average Bonchev–Trinajstić information content (AvgIpc) is 3.21. The predicted octanol–water partition coefficient (Wildman–Crippen LogP) is 2.95. The van der Waals surface area contributed by atoms with Crippen molar-refractivity contribution in [2.24, 2.45) is 40.4 Å². The molecule has 2 saturated heterocycles.